The van der Waals surface area contributed by atoms with E-state index in [2.05, 4.69) is 57.8 Å². The smallest absolute Gasteiger partial charge is 0.262 e. The van der Waals surface area contributed by atoms with Gasteiger partial charge in [-0.25, -0.2) is 0 Å². The minimum atomic E-state index is -0.969. The number of ether oxygens (including phenoxy) is 1. The van der Waals surface area contributed by atoms with Crippen LogP contribution >= 0.6 is 11.6 Å². The van der Waals surface area contributed by atoms with Crippen molar-refractivity contribution < 1.29 is 28.7 Å². The van der Waals surface area contributed by atoms with Gasteiger partial charge in [0.05, 0.1) is 27.8 Å². The number of anilines is 2. The summed E-state index contributed by atoms with van der Waals surface area (Å²) in [5, 5.41) is 18.5. The maximum Gasteiger partial charge on any atom is 0.262 e. The van der Waals surface area contributed by atoms with Crippen molar-refractivity contribution in [2.24, 2.45) is 10.8 Å². The lowest BCUT2D eigenvalue weighted by Gasteiger charge is -2.36. The van der Waals surface area contributed by atoms with Gasteiger partial charge in [-0.3, -0.25) is 39.1 Å². The molecule has 5 atom stereocenters. The first kappa shape index (κ1) is 42.2. The molecule has 0 bridgehead atoms. The molecule has 0 aromatic heterocycles. The molecule has 61 heavy (non-hydrogen) atoms. The summed E-state index contributed by atoms with van der Waals surface area (Å²) in [6, 6.07) is 19.6. The van der Waals surface area contributed by atoms with Gasteiger partial charge in [0.1, 0.15) is 17.9 Å². The highest BCUT2D eigenvalue weighted by Crippen LogP contribution is 2.63. The fourth-order valence-corrected chi connectivity index (χ4v) is 10.6. The van der Waals surface area contributed by atoms with Crippen molar-refractivity contribution in [2.45, 2.75) is 96.2 Å². The van der Waals surface area contributed by atoms with Crippen molar-refractivity contribution in [3.63, 3.8) is 0 Å². The number of fused-ring (bicyclic) bond motifs is 2. The van der Waals surface area contributed by atoms with E-state index in [0.29, 0.717) is 21.9 Å². The second-order valence-corrected chi connectivity index (χ2v) is 18.4. The number of piperidine rings is 1. The van der Waals surface area contributed by atoms with E-state index in [1.165, 1.54) is 0 Å². The molecule has 3 aliphatic heterocycles. The SMILES string of the molecule is C[C@@]12CC(NC(=O)c3ccc(N4CCN(CCCCCCNc5ccc6c(c5)C(=O)N(C5CCC(=O)NC5=O)C6=O)CC4)cc3)C[C@]1(C)CC(Oc1ccc(C#N)c(Cl)c1)C2. The Morgan fingerprint density at radius 2 is 1.57 bits per heavy atom. The molecule has 8 rings (SSSR count). The summed E-state index contributed by atoms with van der Waals surface area (Å²) >= 11 is 6.24. The molecule has 5 aliphatic rings. The molecule has 3 aromatic carbocycles. The molecule has 4 fully saturated rings. The molecule has 320 valence electrons. The number of carbonyl (C=O) groups excluding carboxylic acids is 5. The first-order valence-electron chi connectivity index (χ1n) is 21.7. The lowest BCUT2D eigenvalue weighted by molar-refractivity contribution is -0.136. The average molecular weight is 848 g/mol. The van der Waals surface area contributed by atoms with Crippen molar-refractivity contribution in [1.29, 1.82) is 5.26 Å². The van der Waals surface area contributed by atoms with Gasteiger partial charge in [0.25, 0.3) is 17.7 Å². The van der Waals surface area contributed by atoms with Gasteiger partial charge < -0.3 is 20.3 Å². The highest BCUT2D eigenvalue weighted by Gasteiger charge is 2.59. The first-order chi connectivity index (χ1) is 29.3. The van der Waals surface area contributed by atoms with Crippen LogP contribution in [-0.2, 0) is 9.59 Å². The van der Waals surface area contributed by atoms with Crippen molar-refractivity contribution >= 4 is 52.5 Å². The maximum absolute atomic E-state index is 13.4. The van der Waals surface area contributed by atoms with Gasteiger partial charge >= 0.3 is 0 Å². The number of hydrogen-bond donors (Lipinski definition) is 3. The van der Waals surface area contributed by atoms with Crippen LogP contribution in [0, 0.1) is 22.2 Å². The molecule has 3 unspecified atom stereocenters. The number of nitriles is 1. The zero-order valence-corrected chi connectivity index (χ0v) is 35.7. The van der Waals surface area contributed by atoms with E-state index in [-0.39, 0.29) is 52.9 Å². The highest BCUT2D eigenvalue weighted by atomic mass is 35.5. The Hall–Kier alpha value is -5.45. The standard InChI is InChI=1S/C47H54ClN7O6/c1-46-25-33(26-47(46,2)28-36(27-46)61-35-13-9-31(29-49)39(48)24-35)51-42(57)30-7-11-34(12-8-30)54-21-19-53(20-22-54)18-6-4-3-5-17-50-32-10-14-37-38(23-32)45(60)55(44(37)59)40-15-16-41(56)52-43(40)58/h7-14,23-24,33,36,40,50H,3-6,15-22,25-28H2,1-2H3,(H,51,57)(H,52,56,58)/t33?,36?,40?,46-,47+. The fourth-order valence-electron chi connectivity index (χ4n) is 10.4. The summed E-state index contributed by atoms with van der Waals surface area (Å²) in [4.78, 5) is 69.3. The Labute approximate surface area is 362 Å². The molecule has 0 spiro atoms. The van der Waals surface area contributed by atoms with Crippen molar-refractivity contribution in [3.05, 3.63) is 87.9 Å². The number of hydrogen-bond acceptors (Lipinski definition) is 10. The first-order valence-corrected chi connectivity index (χ1v) is 22.0. The Balaban J connectivity index is 0.707. The van der Waals surface area contributed by atoms with Crippen molar-refractivity contribution in [3.8, 4) is 11.8 Å². The molecule has 3 heterocycles. The Kier molecular flexibility index (Phi) is 12.1. The normalized spacial score (nSPS) is 26.2. The van der Waals surface area contributed by atoms with E-state index in [9.17, 15) is 29.2 Å². The number of halogens is 1. The Morgan fingerprint density at radius 3 is 2.26 bits per heavy atom. The van der Waals surface area contributed by atoms with Crippen LogP contribution in [-0.4, -0.2) is 96.8 Å². The van der Waals surface area contributed by atoms with Gasteiger partial charge in [-0.1, -0.05) is 38.3 Å². The summed E-state index contributed by atoms with van der Waals surface area (Å²) < 4.78 is 6.33. The summed E-state index contributed by atoms with van der Waals surface area (Å²) in [7, 11) is 0. The lowest BCUT2D eigenvalue weighted by Crippen LogP contribution is -2.54. The molecule has 2 saturated carbocycles. The molecule has 14 heteroatoms. The number of imide groups is 2. The quantitative estimate of drug-likeness (QED) is 0.120. The van der Waals surface area contributed by atoms with Crippen molar-refractivity contribution in [2.75, 3.05) is 49.5 Å². The molecule has 3 aromatic rings. The van der Waals surface area contributed by atoms with Crippen LogP contribution in [0.1, 0.15) is 115 Å². The number of unbranched alkanes of at least 4 members (excludes halogenated alkanes) is 3. The number of benzene rings is 3. The van der Waals surface area contributed by atoms with E-state index in [1.807, 2.05) is 18.2 Å². The van der Waals surface area contributed by atoms with E-state index >= 15 is 0 Å². The van der Waals surface area contributed by atoms with E-state index in [4.69, 9.17) is 16.3 Å². The van der Waals surface area contributed by atoms with E-state index in [1.54, 1.807) is 30.3 Å². The summed E-state index contributed by atoms with van der Waals surface area (Å²) in [5.74, 6) is -1.34. The molecule has 0 radical (unpaired) electrons. The highest BCUT2D eigenvalue weighted by molar-refractivity contribution is 6.31. The molecular weight excluding hydrogens is 794 g/mol. The van der Waals surface area contributed by atoms with Gasteiger partial charge in [-0.15, -0.1) is 0 Å². The van der Waals surface area contributed by atoms with Gasteiger partial charge in [0, 0.05) is 68.2 Å². The van der Waals surface area contributed by atoms with Crippen molar-refractivity contribution in [1.82, 2.24) is 20.4 Å². The minimum absolute atomic E-state index is 0.0261. The number of nitrogens with one attached hydrogen (secondary N) is 3. The molecular formula is C47H54ClN7O6. The van der Waals surface area contributed by atoms with Gasteiger partial charge in [-0.05, 0) is 117 Å². The summed E-state index contributed by atoms with van der Waals surface area (Å²) in [6.07, 6.45) is 8.20. The van der Waals surface area contributed by atoms with Crippen LogP contribution in [0.15, 0.2) is 60.7 Å². The third-order valence-electron chi connectivity index (χ3n) is 13.9. The van der Waals surface area contributed by atoms with Crippen LogP contribution < -0.4 is 25.6 Å². The minimum Gasteiger partial charge on any atom is -0.490 e. The third-order valence-corrected chi connectivity index (χ3v) is 14.3. The van der Waals surface area contributed by atoms with Gasteiger partial charge in [0.15, 0.2) is 0 Å². The summed E-state index contributed by atoms with van der Waals surface area (Å²) in [6.45, 7) is 10.3. The molecule has 3 N–H and O–H groups in total. The predicted octanol–water partition coefficient (Wildman–Crippen LogP) is 6.55. The lowest BCUT2D eigenvalue weighted by atomic mass is 9.71. The molecule has 2 saturated heterocycles. The second-order valence-electron chi connectivity index (χ2n) is 18.0. The van der Waals surface area contributed by atoms with Crippen LogP contribution in [0.4, 0.5) is 11.4 Å². The van der Waals surface area contributed by atoms with Crippen LogP contribution in [0.25, 0.3) is 0 Å². The van der Waals surface area contributed by atoms with Crippen LogP contribution in [0.5, 0.6) is 5.75 Å². The van der Waals surface area contributed by atoms with Crippen LogP contribution in [0.2, 0.25) is 5.02 Å². The number of carbonyl (C=O) groups is 5. The van der Waals surface area contributed by atoms with Gasteiger partial charge in [0.2, 0.25) is 11.8 Å². The molecule has 5 amide bonds. The zero-order valence-electron chi connectivity index (χ0n) is 34.9. The van der Waals surface area contributed by atoms with E-state index < -0.39 is 29.7 Å². The number of amides is 5. The topological polar surface area (TPSA) is 164 Å². The summed E-state index contributed by atoms with van der Waals surface area (Å²) in [5.41, 5.74) is 3.66. The number of rotatable bonds is 14. The predicted molar refractivity (Wildman–Crippen MR) is 232 cm³/mol. The average Bonchev–Trinajstić information content (AvgIpc) is 3.73. The maximum atomic E-state index is 13.4. The Morgan fingerprint density at radius 1 is 0.869 bits per heavy atom. The molecule has 2 aliphatic carbocycles. The second kappa shape index (κ2) is 17.5. The zero-order chi connectivity index (χ0) is 42.9. The molecule has 13 nitrogen and oxygen atoms in total. The fraction of sp³-hybridized carbons (Fsp3) is 0.489. The largest absolute Gasteiger partial charge is 0.490 e. The third kappa shape index (κ3) is 8.84. The van der Waals surface area contributed by atoms with E-state index in [0.717, 1.165) is 107 Å². The number of nitrogens with zero attached hydrogens (tertiary/aromatic N) is 4. The Bertz CT molecular complexity index is 2230. The van der Waals surface area contributed by atoms with Crippen LogP contribution in [0.3, 0.4) is 0 Å². The monoisotopic (exact) mass is 847 g/mol. The number of piperazine rings is 1. The van der Waals surface area contributed by atoms with Gasteiger partial charge in [-0.2, -0.15) is 5.26 Å².